The molecule has 5 rings (SSSR count). The lowest BCUT2D eigenvalue weighted by Gasteiger charge is -2.11. The summed E-state index contributed by atoms with van der Waals surface area (Å²) in [7, 11) is 8.01. The highest BCUT2D eigenvalue weighted by atomic mass is 19.1. The Morgan fingerprint density at radius 1 is 0.833 bits per heavy atom. The number of pyridine rings is 1. The predicted octanol–water partition coefficient (Wildman–Crippen LogP) is 7.39. The number of rotatable bonds is 9. The van der Waals surface area contributed by atoms with Crippen LogP contribution in [0, 0.1) is 25.6 Å². The second-order valence-electron chi connectivity index (χ2n) is 9.47. The summed E-state index contributed by atoms with van der Waals surface area (Å²) in [6.07, 6.45) is 3.81. The molecule has 0 unspecified atom stereocenters. The van der Waals surface area contributed by atoms with Gasteiger partial charge in [-0.1, -0.05) is 29.8 Å². The summed E-state index contributed by atoms with van der Waals surface area (Å²) in [4.78, 5) is 4.44. The third-order valence-corrected chi connectivity index (χ3v) is 6.35. The molecule has 1 aromatic heterocycles. The van der Waals surface area contributed by atoms with E-state index in [4.69, 9.17) is 18.9 Å². The van der Waals surface area contributed by atoms with Crippen LogP contribution in [0.2, 0.25) is 0 Å². The molecule has 223 valence electrons. The van der Waals surface area contributed by atoms with Crippen LogP contribution in [-0.4, -0.2) is 53.9 Å². The number of methoxy groups -OCH3 is 4. The van der Waals surface area contributed by atoms with Gasteiger partial charge in [0.05, 0.1) is 37.9 Å². The van der Waals surface area contributed by atoms with Crippen LogP contribution >= 0.6 is 0 Å². The number of hydrogen-bond acceptors (Lipinski definition) is 7. The minimum absolute atomic E-state index is 0.255. The molecule has 1 heterocycles. The Hall–Kier alpha value is -4.14. The Morgan fingerprint density at radius 2 is 1.55 bits per heavy atom. The number of fused-ring (bicyclic) bond motifs is 1. The van der Waals surface area contributed by atoms with E-state index in [9.17, 15) is 4.39 Å². The van der Waals surface area contributed by atoms with E-state index in [1.807, 2.05) is 43.3 Å². The first-order chi connectivity index (χ1) is 20.3. The minimum Gasteiger partial charge on any atom is -0.494 e. The van der Waals surface area contributed by atoms with E-state index in [0.717, 1.165) is 45.9 Å². The number of aromatic nitrogens is 1. The fourth-order valence-electron chi connectivity index (χ4n) is 4.37. The number of hydrogen-bond donors (Lipinski definition) is 1. The average molecular weight is 576 g/mol. The zero-order chi connectivity index (χ0) is 30.6. The summed E-state index contributed by atoms with van der Waals surface area (Å²) >= 11 is 0. The third kappa shape index (κ3) is 8.21. The standard InChI is InChI=1S/C22H20FN2O3.C10H14O.C2H6O/c1-26-12-25-19-5-4-13(8-18(19)23)15-9-16(15)14-6-7-24-20-11-22(28-3)21(27-2)10-17(14)20;1-4-11-10-6-5-8(2)7-9(10)3;1-3-2/h4-11,25H,12H2,1-3H3;5-7H,4H2,1-3H3;1-2H3. The monoisotopic (exact) mass is 575 g/mol. The van der Waals surface area contributed by atoms with Crippen molar-refractivity contribution in [3.63, 3.8) is 0 Å². The van der Waals surface area contributed by atoms with Crippen LogP contribution in [0.15, 0.2) is 66.9 Å². The Bertz CT molecular complexity index is 1510. The first-order valence-corrected chi connectivity index (χ1v) is 13.5. The number of allylic oxidation sites excluding steroid dienone is 2. The smallest absolute Gasteiger partial charge is 0.162 e. The van der Waals surface area contributed by atoms with Crippen molar-refractivity contribution in [3.8, 4) is 17.2 Å². The average Bonchev–Trinajstić information content (AvgIpc) is 3.78. The molecule has 0 fully saturated rings. The SMILES string of the molecule is CCOc1ccc(C)cc1C.COC.COCNc1ccc([C]2C=C2c2ccnc3cc(OC)c(OC)cc23)cc1F. The lowest BCUT2D eigenvalue weighted by molar-refractivity contribution is 0.221. The number of ether oxygens (including phenoxy) is 5. The zero-order valence-corrected chi connectivity index (χ0v) is 25.6. The molecule has 7 nitrogen and oxygen atoms in total. The summed E-state index contributed by atoms with van der Waals surface area (Å²) in [6, 6.07) is 17.1. The van der Waals surface area contributed by atoms with Crippen LogP contribution in [0.4, 0.5) is 10.1 Å². The number of anilines is 1. The normalized spacial score (nSPS) is 11.9. The van der Waals surface area contributed by atoms with E-state index in [1.165, 1.54) is 17.2 Å². The van der Waals surface area contributed by atoms with Gasteiger partial charge in [0.2, 0.25) is 0 Å². The van der Waals surface area contributed by atoms with Gasteiger partial charge in [0.15, 0.2) is 11.5 Å². The van der Waals surface area contributed by atoms with Crippen molar-refractivity contribution in [3.05, 3.63) is 101 Å². The number of nitrogens with one attached hydrogen (secondary N) is 1. The molecule has 42 heavy (non-hydrogen) atoms. The molecule has 3 aromatic carbocycles. The predicted molar refractivity (Wildman–Crippen MR) is 167 cm³/mol. The molecule has 0 saturated heterocycles. The van der Waals surface area contributed by atoms with Crippen molar-refractivity contribution in [1.29, 1.82) is 0 Å². The van der Waals surface area contributed by atoms with E-state index in [2.05, 4.69) is 41.0 Å². The first kappa shape index (κ1) is 32.4. The molecule has 1 aliphatic carbocycles. The highest BCUT2D eigenvalue weighted by molar-refractivity contribution is 6.06. The van der Waals surface area contributed by atoms with Gasteiger partial charge in [-0.3, -0.25) is 4.98 Å². The number of aryl methyl sites for hydroxylation is 2. The molecule has 0 amide bonds. The summed E-state index contributed by atoms with van der Waals surface area (Å²) in [5.74, 6) is 2.98. The van der Waals surface area contributed by atoms with Gasteiger partial charge in [0, 0.05) is 39.0 Å². The molecule has 1 radical (unpaired) electrons. The van der Waals surface area contributed by atoms with Crippen LogP contribution in [0.5, 0.6) is 17.2 Å². The molecule has 0 saturated carbocycles. The molecule has 0 spiro atoms. The van der Waals surface area contributed by atoms with Gasteiger partial charge < -0.3 is 29.0 Å². The van der Waals surface area contributed by atoms with Gasteiger partial charge in [0.1, 0.15) is 18.3 Å². The maximum atomic E-state index is 14.3. The Kier molecular flexibility index (Phi) is 12.1. The van der Waals surface area contributed by atoms with Gasteiger partial charge in [0.25, 0.3) is 0 Å². The lowest BCUT2D eigenvalue weighted by atomic mass is 10.00. The molecule has 1 N–H and O–H groups in total. The molecule has 0 bridgehead atoms. The van der Waals surface area contributed by atoms with Crippen molar-refractivity contribution in [2.24, 2.45) is 0 Å². The number of benzene rings is 3. The maximum Gasteiger partial charge on any atom is 0.162 e. The summed E-state index contributed by atoms with van der Waals surface area (Å²) in [5, 5.41) is 3.84. The maximum absolute atomic E-state index is 14.3. The summed E-state index contributed by atoms with van der Waals surface area (Å²) < 4.78 is 39.7. The van der Waals surface area contributed by atoms with E-state index < -0.39 is 0 Å². The fourth-order valence-corrected chi connectivity index (χ4v) is 4.37. The van der Waals surface area contributed by atoms with Crippen LogP contribution in [0.25, 0.3) is 16.5 Å². The van der Waals surface area contributed by atoms with Crippen molar-refractivity contribution in [2.45, 2.75) is 20.8 Å². The van der Waals surface area contributed by atoms with Gasteiger partial charge in [-0.25, -0.2) is 4.39 Å². The Morgan fingerprint density at radius 3 is 2.17 bits per heavy atom. The van der Waals surface area contributed by atoms with Gasteiger partial charge in [-0.15, -0.1) is 0 Å². The van der Waals surface area contributed by atoms with Gasteiger partial charge in [-0.2, -0.15) is 0 Å². The van der Waals surface area contributed by atoms with Gasteiger partial charge in [-0.05, 0) is 73.4 Å². The number of halogens is 1. The topological polar surface area (TPSA) is 71.1 Å². The van der Waals surface area contributed by atoms with E-state index in [1.54, 1.807) is 47.8 Å². The number of nitrogens with zero attached hydrogens (tertiary/aromatic N) is 1. The van der Waals surface area contributed by atoms with Crippen LogP contribution < -0.4 is 19.5 Å². The van der Waals surface area contributed by atoms with E-state index in [-0.39, 0.29) is 12.5 Å². The quantitative estimate of drug-likeness (QED) is 0.209. The molecule has 0 aliphatic heterocycles. The van der Waals surface area contributed by atoms with Crippen molar-refractivity contribution in [1.82, 2.24) is 4.98 Å². The Labute approximate surface area is 248 Å². The fraction of sp³-hybridized carbons (Fsp3) is 0.294. The van der Waals surface area contributed by atoms with Crippen molar-refractivity contribution in [2.75, 3.05) is 54.2 Å². The summed E-state index contributed by atoms with van der Waals surface area (Å²) in [6.45, 7) is 7.15. The van der Waals surface area contributed by atoms with Gasteiger partial charge >= 0.3 is 0 Å². The highest BCUT2D eigenvalue weighted by Gasteiger charge is 2.31. The second kappa shape index (κ2) is 15.7. The zero-order valence-electron chi connectivity index (χ0n) is 25.6. The van der Waals surface area contributed by atoms with Crippen LogP contribution in [0.1, 0.15) is 29.2 Å². The molecule has 1 aliphatic rings. The highest BCUT2D eigenvalue weighted by Crippen LogP contribution is 2.48. The largest absolute Gasteiger partial charge is 0.494 e. The summed E-state index contributed by atoms with van der Waals surface area (Å²) in [5.41, 5.74) is 6.66. The molecule has 0 atom stereocenters. The molecular formula is C34H40FN2O5. The first-order valence-electron chi connectivity index (χ1n) is 13.5. The molecular weight excluding hydrogens is 535 g/mol. The van der Waals surface area contributed by atoms with Crippen LogP contribution in [0.3, 0.4) is 0 Å². The molecule has 4 aromatic rings. The van der Waals surface area contributed by atoms with Crippen LogP contribution in [-0.2, 0) is 9.47 Å². The second-order valence-corrected chi connectivity index (χ2v) is 9.47. The minimum atomic E-state index is -0.312. The van der Waals surface area contributed by atoms with E-state index in [0.29, 0.717) is 17.2 Å². The third-order valence-electron chi connectivity index (χ3n) is 6.35. The van der Waals surface area contributed by atoms with E-state index >= 15 is 0 Å². The molecule has 8 heteroatoms. The lowest BCUT2D eigenvalue weighted by Crippen LogP contribution is -2.05. The Balaban J connectivity index is 0.000000288. The van der Waals surface area contributed by atoms with Crippen molar-refractivity contribution >= 4 is 22.2 Å². The van der Waals surface area contributed by atoms with Crippen molar-refractivity contribution < 1.29 is 28.1 Å².